The lowest BCUT2D eigenvalue weighted by Crippen LogP contribution is -2.41. The molecule has 0 saturated heterocycles. The maximum absolute atomic E-state index is 13.2. The number of carbonyl (C=O) groups is 2. The zero-order chi connectivity index (χ0) is 19.9. The molecule has 1 unspecified atom stereocenters. The second kappa shape index (κ2) is 7.33. The number of fused-ring (bicyclic) bond motifs is 1. The summed E-state index contributed by atoms with van der Waals surface area (Å²) in [7, 11) is 0. The zero-order valence-electron chi connectivity index (χ0n) is 14.6. The van der Waals surface area contributed by atoms with Crippen molar-refractivity contribution in [3.63, 3.8) is 0 Å². The number of halogens is 2. The molecule has 4 nitrogen and oxygen atoms in total. The Bertz CT molecular complexity index is 1050. The summed E-state index contributed by atoms with van der Waals surface area (Å²) in [5, 5.41) is 14.2. The van der Waals surface area contributed by atoms with E-state index in [2.05, 4.69) is 0 Å². The Morgan fingerprint density at radius 3 is 2.46 bits per heavy atom. The number of anilines is 1. The third-order valence-electron chi connectivity index (χ3n) is 4.77. The van der Waals surface area contributed by atoms with Gasteiger partial charge in [-0.1, -0.05) is 29.3 Å². The van der Waals surface area contributed by atoms with Crippen molar-refractivity contribution < 1.29 is 14.7 Å². The first-order valence-electron chi connectivity index (χ1n) is 8.54. The summed E-state index contributed by atoms with van der Waals surface area (Å²) in [6, 6.07) is 15.1. The monoisotopic (exact) mass is 431 g/mol. The second-order valence-corrected chi connectivity index (χ2v) is 8.50. The van der Waals surface area contributed by atoms with Crippen molar-refractivity contribution in [3.05, 3.63) is 86.0 Å². The Balaban J connectivity index is 1.71. The molecular weight excluding hydrogens is 417 g/mol. The van der Waals surface area contributed by atoms with E-state index in [1.807, 2.05) is 17.5 Å². The molecule has 0 spiro atoms. The van der Waals surface area contributed by atoms with E-state index < -0.39 is 11.5 Å². The van der Waals surface area contributed by atoms with E-state index >= 15 is 0 Å². The zero-order valence-corrected chi connectivity index (χ0v) is 16.9. The molecule has 0 aliphatic carbocycles. The Morgan fingerprint density at radius 2 is 1.79 bits per heavy atom. The van der Waals surface area contributed by atoms with Crippen LogP contribution in [0.1, 0.15) is 27.2 Å². The molecular formula is C21H15Cl2NO3S. The molecule has 0 radical (unpaired) electrons. The van der Waals surface area contributed by atoms with Crippen molar-refractivity contribution >= 4 is 51.9 Å². The smallest absolute Gasteiger partial charge is 0.264 e. The topological polar surface area (TPSA) is 57.6 Å². The van der Waals surface area contributed by atoms with Crippen LogP contribution in [0.4, 0.5) is 5.69 Å². The Kier molecular flexibility index (Phi) is 5.02. The van der Waals surface area contributed by atoms with Crippen molar-refractivity contribution in [1.29, 1.82) is 0 Å². The molecule has 2 heterocycles. The van der Waals surface area contributed by atoms with Crippen molar-refractivity contribution in [2.45, 2.75) is 18.6 Å². The van der Waals surface area contributed by atoms with Gasteiger partial charge in [-0.25, -0.2) is 0 Å². The molecule has 1 aromatic heterocycles. The van der Waals surface area contributed by atoms with Gasteiger partial charge >= 0.3 is 0 Å². The van der Waals surface area contributed by atoms with Crippen LogP contribution in [0, 0.1) is 0 Å². The fourth-order valence-electron chi connectivity index (χ4n) is 3.38. The Labute approximate surface area is 175 Å². The van der Waals surface area contributed by atoms with Crippen molar-refractivity contribution in [2.75, 3.05) is 4.90 Å². The van der Waals surface area contributed by atoms with Gasteiger partial charge in [0.1, 0.15) is 0 Å². The molecule has 1 aliphatic heterocycles. The minimum atomic E-state index is -1.96. The van der Waals surface area contributed by atoms with Gasteiger partial charge in [0.2, 0.25) is 0 Å². The van der Waals surface area contributed by atoms with E-state index in [4.69, 9.17) is 23.2 Å². The van der Waals surface area contributed by atoms with Gasteiger partial charge in [0.15, 0.2) is 11.4 Å². The van der Waals surface area contributed by atoms with Gasteiger partial charge in [-0.15, -0.1) is 11.3 Å². The summed E-state index contributed by atoms with van der Waals surface area (Å²) < 4.78 is 0. The van der Waals surface area contributed by atoms with Gasteiger partial charge < -0.3 is 10.0 Å². The third-order valence-corrected chi connectivity index (χ3v) is 6.12. The molecule has 0 fully saturated rings. The summed E-state index contributed by atoms with van der Waals surface area (Å²) in [4.78, 5) is 28.5. The molecule has 0 saturated carbocycles. The number of nitrogens with zero attached hydrogens (tertiary/aromatic N) is 1. The standard InChI is InChI=1S/C21H15Cl2NO3S/c22-14-5-3-13(4-6-14)19(25)11-21(27)17-10-15(23)7-8-18(17)24(20(21)26)12-16-2-1-9-28-16/h1-10,27H,11-12H2. The first-order valence-corrected chi connectivity index (χ1v) is 10.2. The molecule has 1 aliphatic rings. The highest BCUT2D eigenvalue weighted by atomic mass is 35.5. The van der Waals surface area contributed by atoms with Crippen LogP contribution in [-0.4, -0.2) is 16.8 Å². The molecule has 1 N–H and O–H groups in total. The maximum atomic E-state index is 13.2. The van der Waals surface area contributed by atoms with Crippen molar-refractivity contribution in [3.8, 4) is 0 Å². The van der Waals surface area contributed by atoms with Gasteiger partial charge in [0.25, 0.3) is 5.91 Å². The average molecular weight is 432 g/mol. The van der Waals surface area contributed by atoms with E-state index in [-0.39, 0.29) is 12.2 Å². The summed E-state index contributed by atoms with van der Waals surface area (Å²) >= 11 is 13.5. The average Bonchev–Trinajstić information content (AvgIpc) is 3.25. The normalized spacial score (nSPS) is 18.4. The number of benzene rings is 2. The number of hydrogen-bond acceptors (Lipinski definition) is 4. The van der Waals surface area contributed by atoms with E-state index in [0.29, 0.717) is 33.4 Å². The molecule has 0 bridgehead atoms. The minimum absolute atomic E-state index is 0.322. The third kappa shape index (κ3) is 3.35. The SMILES string of the molecule is O=C(CC1(O)C(=O)N(Cc2cccs2)c2ccc(Cl)cc21)c1ccc(Cl)cc1. The highest BCUT2D eigenvalue weighted by molar-refractivity contribution is 7.09. The van der Waals surface area contributed by atoms with Crippen molar-refractivity contribution in [2.24, 2.45) is 0 Å². The first kappa shape index (κ1) is 19.2. The Morgan fingerprint density at radius 1 is 1.07 bits per heavy atom. The summed E-state index contributed by atoms with van der Waals surface area (Å²) in [5.74, 6) is -0.878. The molecule has 4 rings (SSSR count). The fraction of sp³-hybridized carbons (Fsp3) is 0.143. The second-order valence-electron chi connectivity index (χ2n) is 6.60. The minimum Gasteiger partial charge on any atom is -0.375 e. The van der Waals surface area contributed by atoms with E-state index in [0.717, 1.165) is 4.88 Å². The van der Waals surface area contributed by atoms with Crippen LogP contribution in [-0.2, 0) is 16.9 Å². The van der Waals surface area contributed by atoms with Crippen molar-refractivity contribution in [1.82, 2.24) is 0 Å². The Hall–Kier alpha value is -2.18. The van der Waals surface area contributed by atoms with Crippen LogP contribution in [0.3, 0.4) is 0 Å². The lowest BCUT2D eigenvalue weighted by molar-refractivity contribution is -0.136. The summed E-state index contributed by atoms with van der Waals surface area (Å²) in [5.41, 5.74) is -0.669. The number of thiophene rings is 1. The highest BCUT2D eigenvalue weighted by Gasteiger charge is 2.51. The maximum Gasteiger partial charge on any atom is 0.264 e. The molecule has 7 heteroatoms. The molecule has 3 aromatic rings. The molecule has 28 heavy (non-hydrogen) atoms. The summed E-state index contributed by atoms with van der Waals surface area (Å²) in [6.45, 7) is 0.322. The van der Waals surface area contributed by atoms with Gasteiger partial charge in [0, 0.05) is 26.0 Å². The summed E-state index contributed by atoms with van der Waals surface area (Å²) in [6.07, 6.45) is -0.373. The van der Waals surface area contributed by atoms with E-state index in [1.54, 1.807) is 42.5 Å². The van der Waals surface area contributed by atoms with Crippen LogP contribution in [0.2, 0.25) is 10.0 Å². The molecule has 1 atom stereocenters. The first-order chi connectivity index (χ1) is 13.4. The highest BCUT2D eigenvalue weighted by Crippen LogP contribution is 2.45. The van der Waals surface area contributed by atoms with Crippen LogP contribution in [0.5, 0.6) is 0 Å². The number of amides is 1. The van der Waals surface area contributed by atoms with Crippen LogP contribution < -0.4 is 4.90 Å². The van der Waals surface area contributed by atoms with E-state index in [1.165, 1.54) is 16.2 Å². The molecule has 1 amide bonds. The number of aliphatic hydroxyl groups is 1. The van der Waals surface area contributed by atoms with Gasteiger partial charge in [0.05, 0.1) is 18.7 Å². The van der Waals surface area contributed by atoms with Crippen LogP contribution >= 0.6 is 34.5 Å². The lowest BCUT2D eigenvalue weighted by atomic mass is 9.88. The predicted molar refractivity (Wildman–Crippen MR) is 111 cm³/mol. The predicted octanol–water partition coefficient (Wildman–Crippen LogP) is 5.06. The quantitative estimate of drug-likeness (QED) is 0.574. The van der Waals surface area contributed by atoms with Crippen LogP contribution in [0.15, 0.2) is 60.0 Å². The molecule has 142 valence electrons. The van der Waals surface area contributed by atoms with Gasteiger partial charge in [-0.3, -0.25) is 9.59 Å². The van der Waals surface area contributed by atoms with Gasteiger partial charge in [-0.05, 0) is 53.9 Å². The largest absolute Gasteiger partial charge is 0.375 e. The van der Waals surface area contributed by atoms with Crippen LogP contribution in [0.25, 0.3) is 0 Å². The van der Waals surface area contributed by atoms with Gasteiger partial charge in [-0.2, -0.15) is 0 Å². The number of ketones is 1. The lowest BCUT2D eigenvalue weighted by Gasteiger charge is -2.22. The number of Topliss-reactive ketones (excluding diaryl/α,β-unsaturated/α-hetero) is 1. The fourth-order valence-corrected chi connectivity index (χ4v) is 4.37. The molecule has 2 aromatic carbocycles. The number of hydrogen-bond donors (Lipinski definition) is 1. The number of carbonyl (C=O) groups excluding carboxylic acids is 2. The van der Waals surface area contributed by atoms with E-state index in [9.17, 15) is 14.7 Å². The number of rotatable bonds is 5.